The molecule has 5 nitrogen and oxygen atoms in total. The van der Waals surface area contributed by atoms with Crippen LogP contribution in [0.15, 0.2) is 47.3 Å². The lowest BCUT2D eigenvalue weighted by molar-refractivity contribution is -0.133. The van der Waals surface area contributed by atoms with Crippen molar-refractivity contribution in [3.8, 4) is 11.3 Å². The summed E-state index contributed by atoms with van der Waals surface area (Å²) in [5.41, 5.74) is 1.43. The second kappa shape index (κ2) is 8.72. The van der Waals surface area contributed by atoms with Gasteiger partial charge in [0.05, 0.1) is 5.69 Å². The average molecular weight is 380 g/mol. The predicted octanol–water partition coefficient (Wildman–Crippen LogP) is 3.87. The van der Waals surface area contributed by atoms with Crippen LogP contribution in [0.25, 0.3) is 11.3 Å². The molecule has 2 aromatic rings. The molecule has 2 fully saturated rings. The Labute approximate surface area is 166 Å². The second-order valence-corrected chi connectivity index (χ2v) is 8.20. The maximum Gasteiger partial charge on any atom is 0.267 e. The molecule has 1 atom stereocenters. The van der Waals surface area contributed by atoms with Gasteiger partial charge in [0.2, 0.25) is 5.91 Å². The summed E-state index contributed by atoms with van der Waals surface area (Å²) in [5, 5.41) is 4.45. The van der Waals surface area contributed by atoms with E-state index in [1.54, 1.807) is 6.07 Å². The van der Waals surface area contributed by atoms with Crippen molar-refractivity contribution in [1.29, 1.82) is 0 Å². The number of nitrogens with zero attached hydrogens (tertiary/aromatic N) is 3. The molecule has 1 saturated heterocycles. The minimum atomic E-state index is -0.226. The molecule has 1 amide bonds. The van der Waals surface area contributed by atoms with Crippen LogP contribution in [0.1, 0.15) is 51.4 Å². The molecule has 1 aliphatic heterocycles. The van der Waals surface area contributed by atoms with E-state index >= 15 is 0 Å². The zero-order valence-corrected chi connectivity index (χ0v) is 16.4. The number of hydrogen-bond donors (Lipinski definition) is 0. The predicted molar refractivity (Wildman–Crippen MR) is 110 cm³/mol. The van der Waals surface area contributed by atoms with Crippen molar-refractivity contribution >= 4 is 5.91 Å². The summed E-state index contributed by atoms with van der Waals surface area (Å²) in [5.74, 6) is 0.785. The topological polar surface area (TPSA) is 55.2 Å². The smallest absolute Gasteiger partial charge is 0.267 e. The van der Waals surface area contributed by atoms with Crippen molar-refractivity contribution in [2.24, 2.45) is 5.92 Å². The van der Waals surface area contributed by atoms with E-state index in [-0.39, 0.29) is 18.0 Å². The molecular weight excluding hydrogens is 350 g/mol. The highest BCUT2D eigenvalue weighted by atomic mass is 16.2. The Bertz CT molecular complexity index is 856. The van der Waals surface area contributed by atoms with Gasteiger partial charge in [-0.15, -0.1) is 0 Å². The molecule has 28 heavy (non-hydrogen) atoms. The van der Waals surface area contributed by atoms with Crippen LogP contribution in [0.5, 0.6) is 0 Å². The van der Waals surface area contributed by atoms with Gasteiger partial charge in [-0.3, -0.25) is 9.59 Å². The molecule has 0 radical (unpaired) electrons. The fourth-order valence-electron chi connectivity index (χ4n) is 4.76. The Balaban J connectivity index is 1.46. The van der Waals surface area contributed by atoms with Gasteiger partial charge in [0.1, 0.15) is 6.54 Å². The summed E-state index contributed by atoms with van der Waals surface area (Å²) in [6.07, 6.45) is 9.91. The zero-order valence-electron chi connectivity index (χ0n) is 16.4. The standard InChI is InChI=1S/C23H29N3O2/c27-22-14-13-21(19-10-5-2-6-11-19)24-26(22)17-23(28)25-15-7-12-20(25)16-18-8-3-1-4-9-18/h2,5-6,10-11,13-14,18,20H,1,3-4,7-9,12,15-17H2. The number of aromatic nitrogens is 2. The Kier molecular flexibility index (Phi) is 5.89. The van der Waals surface area contributed by atoms with Crippen LogP contribution in [-0.4, -0.2) is 33.2 Å². The van der Waals surface area contributed by atoms with Gasteiger partial charge in [0, 0.05) is 24.2 Å². The molecule has 148 valence electrons. The Hall–Kier alpha value is -2.43. The van der Waals surface area contributed by atoms with Crippen molar-refractivity contribution in [2.45, 2.75) is 64.0 Å². The number of benzene rings is 1. The van der Waals surface area contributed by atoms with Gasteiger partial charge < -0.3 is 4.90 Å². The molecule has 0 N–H and O–H groups in total. The normalized spacial score (nSPS) is 20.4. The van der Waals surface area contributed by atoms with Gasteiger partial charge in [-0.05, 0) is 31.2 Å². The molecule has 0 bridgehead atoms. The molecule has 2 heterocycles. The SMILES string of the molecule is O=C(Cn1nc(-c2ccccc2)ccc1=O)N1CCCC1CC1CCCCC1. The number of carbonyl (C=O) groups is 1. The highest BCUT2D eigenvalue weighted by Crippen LogP contribution is 2.32. The van der Waals surface area contributed by atoms with E-state index in [4.69, 9.17) is 0 Å². The van der Waals surface area contributed by atoms with Crippen molar-refractivity contribution in [3.05, 3.63) is 52.8 Å². The van der Waals surface area contributed by atoms with E-state index in [1.807, 2.05) is 35.2 Å². The zero-order chi connectivity index (χ0) is 19.3. The lowest BCUT2D eigenvalue weighted by Crippen LogP contribution is -2.41. The van der Waals surface area contributed by atoms with E-state index in [9.17, 15) is 9.59 Å². The highest BCUT2D eigenvalue weighted by molar-refractivity contribution is 5.76. The first kappa shape index (κ1) is 18.9. The molecular formula is C23H29N3O2. The molecule has 2 aliphatic rings. The second-order valence-electron chi connectivity index (χ2n) is 8.20. The summed E-state index contributed by atoms with van der Waals surface area (Å²) in [7, 11) is 0. The van der Waals surface area contributed by atoms with Gasteiger partial charge in [0.15, 0.2) is 0 Å². The summed E-state index contributed by atoms with van der Waals surface area (Å²) in [4.78, 5) is 27.3. The minimum Gasteiger partial charge on any atom is -0.338 e. The van der Waals surface area contributed by atoms with Crippen LogP contribution in [0.2, 0.25) is 0 Å². The van der Waals surface area contributed by atoms with E-state index in [0.717, 1.165) is 37.3 Å². The van der Waals surface area contributed by atoms with Crippen molar-refractivity contribution in [2.75, 3.05) is 6.54 Å². The van der Waals surface area contributed by atoms with Crippen molar-refractivity contribution in [3.63, 3.8) is 0 Å². The maximum absolute atomic E-state index is 13.0. The number of hydrogen-bond acceptors (Lipinski definition) is 3. The van der Waals surface area contributed by atoms with Crippen molar-refractivity contribution < 1.29 is 4.79 Å². The highest BCUT2D eigenvalue weighted by Gasteiger charge is 2.31. The van der Waals surface area contributed by atoms with E-state index in [2.05, 4.69) is 5.10 Å². The molecule has 1 unspecified atom stereocenters. The third kappa shape index (κ3) is 4.34. The van der Waals surface area contributed by atoms with E-state index in [1.165, 1.54) is 42.9 Å². The number of likely N-dealkylation sites (tertiary alicyclic amines) is 1. The maximum atomic E-state index is 13.0. The Morgan fingerprint density at radius 3 is 2.54 bits per heavy atom. The van der Waals surface area contributed by atoms with Crippen molar-refractivity contribution in [1.82, 2.24) is 14.7 Å². The Morgan fingerprint density at radius 2 is 1.75 bits per heavy atom. The summed E-state index contributed by atoms with van der Waals surface area (Å²) < 4.78 is 1.32. The van der Waals surface area contributed by atoms with Gasteiger partial charge in [-0.25, -0.2) is 4.68 Å². The van der Waals surface area contributed by atoms with Gasteiger partial charge in [0.25, 0.3) is 5.56 Å². The van der Waals surface area contributed by atoms with E-state index < -0.39 is 0 Å². The fraction of sp³-hybridized carbons (Fsp3) is 0.522. The molecule has 1 aromatic carbocycles. The first-order valence-electron chi connectivity index (χ1n) is 10.6. The van der Waals surface area contributed by atoms with Crippen LogP contribution in [0.4, 0.5) is 0 Å². The molecule has 1 aliphatic carbocycles. The largest absolute Gasteiger partial charge is 0.338 e. The number of amides is 1. The molecule has 1 saturated carbocycles. The summed E-state index contributed by atoms with van der Waals surface area (Å²) in [6.45, 7) is 0.837. The number of rotatable bonds is 5. The molecule has 0 spiro atoms. The molecule has 1 aromatic heterocycles. The van der Waals surface area contributed by atoms with Crippen LogP contribution in [-0.2, 0) is 11.3 Å². The summed E-state index contributed by atoms with van der Waals surface area (Å²) >= 11 is 0. The quantitative estimate of drug-likeness (QED) is 0.792. The third-order valence-corrected chi connectivity index (χ3v) is 6.25. The fourth-order valence-corrected chi connectivity index (χ4v) is 4.76. The third-order valence-electron chi connectivity index (χ3n) is 6.25. The number of carbonyl (C=O) groups excluding carboxylic acids is 1. The van der Waals surface area contributed by atoms with Gasteiger partial charge >= 0.3 is 0 Å². The van der Waals surface area contributed by atoms with Gasteiger partial charge in [-0.2, -0.15) is 5.10 Å². The lowest BCUT2D eigenvalue weighted by Gasteiger charge is -2.30. The van der Waals surface area contributed by atoms with Crippen LogP contribution in [0, 0.1) is 5.92 Å². The van der Waals surface area contributed by atoms with Crippen LogP contribution >= 0.6 is 0 Å². The monoisotopic (exact) mass is 379 g/mol. The molecule has 4 rings (SSSR count). The lowest BCUT2D eigenvalue weighted by atomic mass is 9.84. The summed E-state index contributed by atoms with van der Waals surface area (Å²) in [6, 6.07) is 13.3. The molecule has 5 heteroatoms. The Morgan fingerprint density at radius 1 is 0.964 bits per heavy atom. The van der Waals surface area contributed by atoms with Crippen LogP contribution < -0.4 is 5.56 Å². The average Bonchev–Trinajstić information content (AvgIpc) is 3.19. The van der Waals surface area contributed by atoms with E-state index in [0.29, 0.717) is 11.7 Å². The minimum absolute atomic E-state index is 0.0260. The first-order valence-corrected chi connectivity index (χ1v) is 10.6. The first-order chi connectivity index (χ1) is 13.7. The van der Waals surface area contributed by atoms with Gasteiger partial charge in [-0.1, -0.05) is 62.4 Å². The van der Waals surface area contributed by atoms with Crippen LogP contribution in [0.3, 0.4) is 0 Å².